The van der Waals surface area contributed by atoms with Gasteiger partial charge in [-0.15, -0.1) is 11.3 Å². The number of nitrogens with zero attached hydrogens (tertiary/aromatic N) is 1. The van der Waals surface area contributed by atoms with Crippen LogP contribution in [0.2, 0.25) is 0 Å². The van der Waals surface area contributed by atoms with Crippen molar-refractivity contribution in [1.29, 1.82) is 0 Å². The Balaban J connectivity index is 2.02. The van der Waals surface area contributed by atoms with Gasteiger partial charge in [-0.1, -0.05) is 12.1 Å². The molecular formula is C14H17IN2S. The number of aryl methyl sites for hydroxylation is 1. The van der Waals surface area contributed by atoms with Gasteiger partial charge in [0.05, 0.1) is 6.04 Å². The number of nitrogens with one attached hydrogen (secondary N) is 1. The van der Waals surface area contributed by atoms with Gasteiger partial charge in [-0.3, -0.25) is 0 Å². The lowest BCUT2D eigenvalue weighted by Gasteiger charge is -2.18. The van der Waals surface area contributed by atoms with Crippen molar-refractivity contribution in [3.05, 3.63) is 49.5 Å². The molecule has 2 aromatic rings. The summed E-state index contributed by atoms with van der Waals surface area (Å²) in [6, 6.07) is 9.27. The molecule has 1 aromatic heterocycles. The molecule has 0 aliphatic carbocycles. The summed E-state index contributed by atoms with van der Waals surface area (Å²) in [5, 5.41) is 6.85. The zero-order valence-electron chi connectivity index (χ0n) is 10.8. The largest absolute Gasteiger partial charge is 0.302 e. The van der Waals surface area contributed by atoms with E-state index in [0.29, 0.717) is 6.04 Å². The van der Waals surface area contributed by atoms with E-state index in [1.165, 1.54) is 9.13 Å². The predicted molar refractivity (Wildman–Crippen MR) is 86.0 cm³/mol. The van der Waals surface area contributed by atoms with Crippen LogP contribution in [0.15, 0.2) is 29.6 Å². The van der Waals surface area contributed by atoms with E-state index >= 15 is 0 Å². The van der Waals surface area contributed by atoms with Crippen molar-refractivity contribution in [3.8, 4) is 0 Å². The number of rotatable bonds is 4. The molecule has 96 valence electrons. The molecule has 2 rings (SSSR count). The van der Waals surface area contributed by atoms with Crippen molar-refractivity contribution in [2.24, 2.45) is 0 Å². The van der Waals surface area contributed by atoms with E-state index in [1.807, 2.05) is 6.92 Å². The number of halogens is 1. The molecule has 1 heterocycles. The number of hydrogen-bond acceptors (Lipinski definition) is 3. The Morgan fingerprint density at radius 3 is 2.39 bits per heavy atom. The van der Waals surface area contributed by atoms with E-state index in [-0.39, 0.29) is 6.04 Å². The van der Waals surface area contributed by atoms with Gasteiger partial charge in [-0.05, 0) is 61.1 Å². The summed E-state index contributed by atoms with van der Waals surface area (Å²) in [5.74, 6) is 0. The van der Waals surface area contributed by atoms with Gasteiger partial charge >= 0.3 is 0 Å². The summed E-state index contributed by atoms with van der Waals surface area (Å²) < 4.78 is 1.27. The van der Waals surface area contributed by atoms with Crippen LogP contribution in [0.5, 0.6) is 0 Å². The molecule has 0 saturated carbocycles. The second-order valence-electron chi connectivity index (χ2n) is 4.49. The topological polar surface area (TPSA) is 24.9 Å². The van der Waals surface area contributed by atoms with Crippen LogP contribution in [0, 0.1) is 10.5 Å². The molecule has 1 aromatic carbocycles. The molecule has 0 spiro atoms. The third kappa shape index (κ3) is 3.52. The third-order valence-electron chi connectivity index (χ3n) is 2.88. The van der Waals surface area contributed by atoms with Gasteiger partial charge in [0.1, 0.15) is 5.01 Å². The molecular weight excluding hydrogens is 355 g/mol. The smallest absolute Gasteiger partial charge is 0.110 e. The van der Waals surface area contributed by atoms with E-state index in [4.69, 9.17) is 0 Å². The van der Waals surface area contributed by atoms with Crippen LogP contribution in [-0.4, -0.2) is 4.98 Å². The maximum atomic E-state index is 4.53. The van der Waals surface area contributed by atoms with Crippen LogP contribution >= 0.6 is 33.9 Å². The maximum Gasteiger partial charge on any atom is 0.110 e. The van der Waals surface area contributed by atoms with Gasteiger partial charge in [0.2, 0.25) is 0 Å². The second-order valence-corrected chi connectivity index (χ2v) is 6.62. The first-order valence-electron chi connectivity index (χ1n) is 6.00. The van der Waals surface area contributed by atoms with Gasteiger partial charge in [-0.25, -0.2) is 4.98 Å². The van der Waals surface area contributed by atoms with E-state index in [1.54, 1.807) is 11.3 Å². The molecule has 4 heteroatoms. The molecule has 18 heavy (non-hydrogen) atoms. The first kappa shape index (κ1) is 14.0. The average molecular weight is 372 g/mol. The Bertz CT molecular complexity index is 507. The Morgan fingerprint density at radius 2 is 1.83 bits per heavy atom. The lowest BCUT2D eigenvalue weighted by atomic mass is 10.1. The monoisotopic (exact) mass is 372 g/mol. The third-order valence-corrected chi connectivity index (χ3v) is 4.74. The average Bonchev–Trinajstić information content (AvgIpc) is 2.76. The zero-order valence-corrected chi connectivity index (χ0v) is 13.7. The van der Waals surface area contributed by atoms with Crippen LogP contribution in [0.3, 0.4) is 0 Å². The van der Waals surface area contributed by atoms with Crippen LogP contribution in [-0.2, 0) is 0 Å². The van der Waals surface area contributed by atoms with Crippen LogP contribution in [0.25, 0.3) is 0 Å². The van der Waals surface area contributed by atoms with Crippen molar-refractivity contribution in [2.45, 2.75) is 32.9 Å². The van der Waals surface area contributed by atoms with Gasteiger partial charge < -0.3 is 5.32 Å². The molecule has 2 unspecified atom stereocenters. The first-order valence-corrected chi connectivity index (χ1v) is 7.95. The van der Waals surface area contributed by atoms with Crippen molar-refractivity contribution in [3.63, 3.8) is 0 Å². The number of aromatic nitrogens is 1. The quantitative estimate of drug-likeness (QED) is 0.802. The standard InChI is InChI=1S/C14H17IN2S/c1-9-8-18-14(16-9)11(3)17-10(2)12-4-6-13(15)7-5-12/h4-8,10-11,17H,1-3H3. The maximum absolute atomic E-state index is 4.53. The molecule has 0 fully saturated rings. The molecule has 0 bridgehead atoms. The van der Waals surface area contributed by atoms with Crippen molar-refractivity contribution in [1.82, 2.24) is 10.3 Å². The van der Waals surface area contributed by atoms with Crippen LogP contribution in [0.1, 0.15) is 42.2 Å². The predicted octanol–water partition coefficient (Wildman–Crippen LogP) is 4.47. The van der Waals surface area contributed by atoms with Gasteiger partial charge in [0.15, 0.2) is 0 Å². The van der Waals surface area contributed by atoms with E-state index in [9.17, 15) is 0 Å². The molecule has 2 atom stereocenters. The summed E-state index contributed by atoms with van der Waals surface area (Å²) in [7, 11) is 0. The molecule has 0 radical (unpaired) electrons. The van der Waals surface area contributed by atoms with Crippen LogP contribution < -0.4 is 5.32 Å². The highest BCUT2D eigenvalue weighted by Crippen LogP contribution is 2.22. The summed E-state index contributed by atoms with van der Waals surface area (Å²) >= 11 is 4.05. The number of benzene rings is 1. The fraction of sp³-hybridized carbons (Fsp3) is 0.357. The second kappa shape index (κ2) is 6.12. The molecule has 1 N–H and O–H groups in total. The summed E-state index contributed by atoms with van der Waals surface area (Å²) in [6.07, 6.45) is 0. The van der Waals surface area contributed by atoms with E-state index in [0.717, 1.165) is 10.7 Å². The van der Waals surface area contributed by atoms with Gasteiger partial charge in [0, 0.05) is 20.7 Å². The fourth-order valence-corrected chi connectivity index (χ4v) is 3.04. The summed E-state index contributed by atoms with van der Waals surface area (Å²) in [5.41, 5.74) is 2.42. The van der Waals surface area contributed by atoms with E-state index in [2.05, 4.69) is 76.4 Å². The summed E-state index contributed by atoms with van der Waals surface area (Å²) in [4.78, 5) is 4.53. The Hall–Kier alpha value is -0.460. The minimum atomic E-state index is 0.290. The molecule has 0 aliphatic heterocycles. The number of thiazole rings is 1. The van der Waals surface area contributed by atoms with Crippen LogP contribution in [0.4, 0.5) is 0 Å². The SMILES string of the molecule is Cc1csc(C(C)NC(C)c2ccc(I)cc2)n1. The summed E-state index contributed by atoms with van der Waals surface area (Å²) in [6.45, 7) is 6.40. The lowest BCUT2D eigenvalue weighted by molar-refractivity contribution is 0.492. The Labute approximate surface area is 126 Å². The normalized spacial score (nSPS) is 14.4. The lowest BCUT2D eigenvalue weighted by Crippen LogP contribution is -2.22. The van der Waals surface area contributed by atoms with Gasteiger partial charge in [-0.2, -0.15) is 0 Å². The van der Waals surface area contributed by atoms with Crippen molar-refractivity contribution >= 4 is 33.9 Å². The van der Waals surface area contributed by atoms with Gasteiger partial charge in [0.25, 0.3) is 0 Å². The first-order chi connectivity index (χ1) is 8.56. The zero-order chi connectivity index (χ0) is 13.1. The van der Waals surface area contributed by atoms with Crippen molar-refractivity contribution < 1.29 is 0 Å². The highest BCUT2D eigenvalue weighted by atomic mass is 127. The number of hydrogen-bond donors (Lipinski definition) is 1. The molecule has 0 saturated heterocycles. The fourth-order valence-electron chi connectivity index (χ4n) is 1.87. The highest BCUT2D eigenvalue weighted by molar-refractivity contribution is 14.1. The minimum Gasteiger partial charge on any atom is -0.302 e. The van der Waals surface area contributed by atoms with E-state index < -0.39 is 0 Å². The molecule has 0 aliphatic rings. The highest BCUT2D eigenvalue weighted by Gasteiger charge is 2.13. The Kier molecular flexibility index (Phi) is 4.75. The Morgan fingerprint density at radius 1 is 1.17 bits per heavy atom. The molecule has 2 nitrogen and oxygen atoms in total. The minimum absolute atomic E-state index is 0.290. The molecule has 0 amide bonds. The van der Waals surface area contributed by atoms with Crippen molar-refractivity contribution in [2.75, 3.05) is 0 Å².